The molecule has 1 heterocycles. The van der Waals surface area contributed by atoms with Gasteiger partial charge in [-0.05, 0) is 55.7 Å². The van der Waals surface area contributed by atoms with Crippen LogP contribution in [0.4, 0.5) is 5.69 Å². The number of hydrogen-bond acceptors (Lipinski definition) is 3. The molecule has 2 aromatic carbocycles. The minimum Gasteiger partial charge on any atom is -0.326 e. The third kappa shape index (κ3) is 4.78. The predicted octanol–water partition coefficient (Wildman–Crippen LogP) is 4.33. The molecular weight excluding hydrogens is 428 g/mol. The number of halogens is 1. The third-order valence-electron chi connectivity index (χ3n) is 4.81. The first-order valence-electron chi connectivity index (χ1n) is 9.01. The van der Waals surface area contributed by atoms with Crippen LogP contribution in [0.2, 0.25) is 0 Å². The van der Waals surface area contributed by atoms with Gasteiger partial charge in [-0.25, -0.2) is 8.42 Å². The number of aryl methyl sites for hydroxylation is 1. The zero-order valence-electron chi connectivity index (χ0n) is 15.2. The molecule has 3 rings (SSSR count). The minimum atomic E-state index is -3.60. The molecule has 0 unspecified atom stereocenters. The van der Waals surface area contributed by atoms with Crippen LogP contribution in [0.5, 0.6) is 0 Å². The maximum atomic E-state index is 13.0. The summed E-state index contributed by atoms with van der Waals surface area (Å²) in [6.07, 6.45) is 2.59. The third-order valence-corrected chi connectivity index (χ3v) is 7.27. The second kappa shape index (κ2) is 8.54. The minimum absolute atomic E-state index is 0.154. The van der Waals surface area contributed by atoms with Crippen LogP contribution in [-0.4, -0.2) is 31.2 Å². The molecule has 1 aliphatic heterocycles. The largest absolute Gasteiger partial charge is 0.326 e. The molecule has 5 nitrogen and oxygen atoms in total. The van der Waals surface area contributed by atoms with E-state index >= 15 is 0 Å². The monoisotopic (exact) mass is 450 g/mol. The van der Waals surface area contributed by atoms with Crippen molar-refractivity contribution in [2.24, 2.45) is 0 Å². The van der Waals surface area contributed by atoms with Gasteiger partial charge in [-0.2, -0.15) is 4.31 Å². The van der Waals surface area contributed by atoms with Crippen LogP contribution in [0, 0.1) is 6.92 Å². The first kappa shape index (κ1) is 20.0. The molecule has 0 aliphatic carbocycles. The predicted molar refractivity (Wildman–Crippen MR) is 110 cm³/mol. The molecule has 1 N–H and O–H groups in total. The lowest BCUT2D eigenvalue weighted by Gasteiger charge is -2.34. The van der Waals surface area contributed by atoms with Crippen molar-refractivity contribution in [1.29, 1.82) is 0 Å². The number of anilines is 1. The van der Waals surface area contributed by atoms with E-state index in [1.165, 1.54) is 4.31 Å². The van der Waals surface area contributed by atoms with Crippen molar-refractivity contribution in [3.05, 3.63) is 58.6 Å². The van der Waals surface area contributed by atoms with E-state index in [1.807, 2.05) is 25.1 Å². The van der Waals surface area contributed by atoms with Crippen molar-refractivity contribution < 1.29 is 13.2 Å². The van der Waals surface area contributed by atoms with Crippen molar-refractivity contribution in [2.75, 3.05) is 11.9 Å². The van der Waals surface area contributed by atoms with Gasteiger partial charge in [0.1, 0.15) is 0 Å². The number of amides is 1. The Bertz CT molecular complexity index is 916. The van der Waals surface area contributed by atoms with Gasteiger partial charge in [0.2, 0.25) is 15.9 Å². The molecule has 1 saturated heterocycles. The zero-order valence-corrected chi connectivity index (χ0v) is 17.6. The van der Waals surface area contributed by atoms with Crippen molar-refractivity contribution >= 4 is 37.5 Å². The average molecular weight is 451 g/mol. The van der Waals surface area contributed by atoms with E-state index in [0.717, 1.165) is 28.6 Å². The van der Waals surface area contributed by atoms with Gasteiger partial charge in [-0.15, -0.1) is 0 Å². The van der Waals surface area contributed by atoms with Gasteiger partial charge in [0.15, 0.2) is 0 Å². The van der Waals surface area contributed by atoms with E-state index in [-0.39, 0.29) is 23.3 Å². The normalized spacial score (nSPS) is 18.2. The van der Waals surface area contributed by atoms with Gasteiger partial charge < -0.3 is 5.32 Å². The Kier molecular flexibility index (Phi) is 6.34. The van der Waals surface area contributed by atoms with E-state index in [1.54, 1.807) is 30.3 Å². The number of benzene rings is 2. The van der Waals surface area contributed by atoms with Crippen LogP contribution in [0.25, 0.3) is 0 Å². The second-order valence-electron chi connectivity index (χ2n) is 6.79. The van der Waals surface area contributed by atoms with Crippen LogP contribution in [0.1, 0.15) is 31.2 Å². The highest BCUT2D eigenvalue weighted by Crippen LogP contribution is 2.28. The van der Waals surface area contributed by atoms with Gasteiger partial charge in [0.25, 0.3) is 0 Å². The number of carbonyl (C=O) groups excluding carboxylic acids is 1. The highest BCUT2D eigenvalue weighted by atomic mass is 79.9. The Labute approximate surface area is 169 Å². The summed E-state index contributed by atoms with van der Waals surface area (Å²) in [5, 5.41) is 2.92. The Balaban J connectivity index is 1.75. The van der Waals surface area contributed by atoms with E-state index in [0.29, 0.717) is 13.0 Å². The number of rotatable bonds is 5. The number of nitrogens with zero attached hydrogens (tertiary/aromatic N) is 1. The second-order valence-corrected chi connectivity index (χ2v) is 9.60. The summed E-state index contributed by atoms with van der Waals surface area (Å²) < 4.78 is 28.5. The van der Waals surface area contributed by atoms with Crippen LogP contribution in [-0.2, 0) is 14.8 Å². The smallest absolute Gasteiger partial charge is 0.243 e. The van der Waals surface area contributed by atoms with Crippen molar-refractivity contribution in [1.82, 2.24) is 4.31 Å². The van der Waals surface area contributed by atoms with E-state index in [2.05, 4.69) is 21.2 Å². The molecule has 1 atom stereocenters. The fraction of sp³-hybridized carbons (Fsp3) is 0.350. The van der Waals surface area contributed by atoms with Crippen LogP contribution in [0.3, 0.4) is 0 Å². The molecule has 2 aromatic rings. The number of sulfonamides is 1. The Morgan fingerprint density at radius 3 is 2.63 bits per heavy atom. The molecule has 0 spiro atoms. The molecule has 1 amide bonds. The van der Waals surface area contributed by atoms with Crippen molar-refractivity contribution in [2.45, 2.75) is 43.5 Å². The van der Waals surface area contributed by atoms with E-state index in [4.69, 9.17) is 0 Å². The molecule has 0 bridgehead atoms. The Hall–Kier alpha value is -1.70. The molecule has 1 fully saturated rings. The highest BCUT2D eigenvalue weighted by Gasteiger charge is 2.34. The quantitative estimate of drug-likeness (QED) is 0.736. The van der Waals surface area contributed by atoms with E-state index < -0.39 is 10.0 Å². The standard InChI is InChI=1S/C20H23BrN2O3S/c1-15-13-16(21)10-11-19(15)22-20(24)14-17-7-5-6-12-23(17)27(25,26)18-8-3-2-4-9-18/h2-4,8-11,13,17H,5-7,12,14H2,1H3,(H,22,24)/t17-/m0/s1. The average Bonchev–Trinajstić information content (AvgIpc) is 2.65. The summed E-state index contributed by atoms with van der Waals surface area (Å²) in [7, 11) is -3.60. The first-order valence-corrected chi connectivity index (χ1v) is 11.2. The first-order chi connectivity index (χ1) is 12.9. The topological polar surface area (TPSA) is 66.5 Å². The summed E-state index contributed by atoms with van der Waals surface area (Å²) in [5.74, 6) is -0.166. The fourth-order valence-electron chi connectivity index (χ4n) is 3.40. The maximum Gasteiger partial charge on any atom is 0.243 e. The molecule has 7 heteroatoms. The lowest BCUT2D eigenvalue weighted by atomic mass is 10.0. The summed E-state index contributed by atoms with van der Waals surface area (Å²) in [6, 6.07) is 13.8. The molecule has 0 aromatic heterocycles. The summed E-state index contributed by atoms with van der Waals surface area (Å²) in [6.45, 7) is 2.37. The molecule has 27 heavy (non-hydrogen) atoms. The summed E-state index contributed by atoms with van der Waals surface area (Å²) in [4.78, 5) is 12.9. The zero-order chi connectivity index (χ0) is 19.4. The van der Waals surface area contributed by atoms with Crippen LogP contribution in [0.15, 0.2) is 57.9 Å². The van der Waals surface area contributed by atoms with Gasteiger partial charge in [0.05, 0.1) is 4.90 Å². The number of piperidine rings is 1. The van der Waals surface area contributed by atoms with Gasteiger partial charge in [-0.1, -0.05) is 40.5 Å². The Morgan fingerprint density at radius 2 is 1.93 bits per heavy atom. The lowest BCUT2D eigenvalue weighted by Crippen LogP contribution is -2.45. The number of carbonyl (C=O) groups is 1. The van der Waals surface area contributed by atoms with E-state index in [9.17, 15) is 13.2 Å². The summed E-state index contributed by atoms with van der Waals surface area (Å²) in [5.41, 5.74) is 1.70. The van der Waals surface area contributed by atoms with Crippen LogP contribution < -0.4 is 5.32 Å². The molecular formula is C20H23BrN2O3S. The van der Waals surface area contributed by atoms with Gasteiger partial charge >= 0.3 is 0 Å². The van der Waals surface area contributed by atoms with Gasteiger partial charge in [0, 0.05) is 29.2 Å². The molecule has 1 aliphatic rings. The van der Waals surface area contributed by atoms with Crippen LogP contribution >= 0.6 is 15.9 Å². The highest BCUT2D eigenvalue weighted by molar-refractivity contribution is 9.10. The van der Waals surface area contributed by atoms with Crippen molar-refractivity contribution in [3.63, 3.8) is 0 Å². The summed E-state index contributed by atoms with van der Waals surface area (Å²) >= 11 is 3.41. The fourth-order valence-corrected chi connectivity index (χ4v) is 5.59. The number of nitrogens with one attached hydrogen (secondary N) is 1. The van der Waals surface area contributed by atoms with Gasteiger partial charge in [-0.3, -0.25) is 4.79 Å². The SMILES string of the molecule is Cc1cc(Br)ccc1NC(=O)C[C@@H]1CCCCN1S(=O)(=O)c1ccccc1. The molecule has 144 valence electrons. The lowest BCUT2D eigenvalue weighted by molar-refractivity contribution is -0.117. The Morgan fingerprint density at radius 1 is 1.19 bits per heavy atom. The molecule has 0 saturated carbocycles. The van der Waals surface area contributed by atoms with Crippen molar-refractivity contribution in [3.8, 4) is 0 Å². The maximum absolute atomic E-state index is 13.0. The number of hydrogen-bond donors (Lipinski definition) is 1. The molecule has 0 radical (unpaired) electrons.